The minimum Gasteiger partial charge on any atom is -0.462 e. The van der Waals surface area contributed by atoms with Gasteiger partial charge in [-0.05, 0) is 36.9 Å². The maximum absolute atomic E-state index is 12.5. The first kappa shape index (κ1) is 17.7. The molecule has 0 radical (unpaired) electrons. The van der Waals surface area contributed by atoms with E-state index in [4.69, 9.17) is 4.74 Å². The Morgan fingerprint density at radius 1 is 1.31 bits per heavy atom. The van der Waals surface area contributed by atoms with E-state index in [1.165, 1.54) is 0 Å². The summed E-state index contributed by atoms with van der Waals surface area (Å²) in [6, 6.07) is 11.8. The van der Waals surface area contributed by atoms with Gasteiger partial charge in [0.05, 0.1) is 12.2 Å². The van der Waals surface area contributed by atoms with Gasteiger partial charge in [-0.1, -0.05) is 18.2 Å². The minimum absolute atomic E-state index is 0.115. The first-order chi connectivity index (χ1) is 12.5. The van der Waals surface area contributed by atoms with E-state index in [1.807, 2.05) is 41.1 Å². The Balaban J connectivity index is 1.82. The van der Waals surface area contributed by atoms with Gasteiger partial charge in [-0.2, -0.15) is 5.26 Å². The normalized spacial score (nSPS) is 10.5. The lowest BCUT2D eigenvalue weighted by molar-refractivity contribution is -0.116. The van der Waals surface area contributed by atoms with Crippen molar-refractivity contribution in [3.63, 3.8) is 0 Å². The van der Waals surface area contributed by atoms with Crippen molar-refractivity contribution in [3.05, 3.63) is 52.5 Å². The van der Waals surface area contributed by atoms with Crippen LogP contribution in [0.1, 0.15) is 27.7 Å². The second-order valence-electron chi connectivity index (χ2n) is 5.64. The standard InChI is InChI=1S/C19H17N3O3S/c1-3-25-19(24)17-12(2)14(10-20)18(26-17)21-16(23)11-22-9-8-13-6-4-5-7-15(13)22/h4-9H,3,11H2,1-2H3,(H,21,23). The SMILES string of the molecule is CCOC(=O)c1sc(NC(=O)Cn2ccc3ccccc32)c(C#N)c1C. The number of hydrogen-bond donors (Lipinski definition) is 1. The molecule has 132 valence electrons. The van der Waals surface area contributed by atoms with Crippen LogP contribution < -0.4 is 5.32 Å². The number of anilines is 1. The van der Waals surface area contributed by atoms with Crippen LogP contribution in [0.4, 0.5) is 5.00 Å². The van der Waals surface area contributed by atoms with Gasteiger partial charge in [-0.25, -0.2) is 4.79 Å². The molecule has 0 spiro atoms. The molecule has 1 N–H and O–H groups in total. The monoisotopic (exact) mass is 367 g/mol. The second-order valence-corrected chi connectivity index (χ2v) is 6.66. The summed E-state index contributed by atoms with van der Waals surface area (Å²) in [6.45, 7) is 3.76. The van der Waals surface area contributed by atoms with Crippen molar-refractivity contribution in [2.45, 2.75) is 20.4 Å². The van der Waals surface area contributed by atoms with Crippen LogP contribution in [0.25, 0.3) is 10.9 Å². The van der Waals surface area contributed by atoms with Gasteiger partial charge in [-0.15, -0.1) is 11.3 Å². The molecule has 0 atom stereocenters. The summed E-state index contributed by atoms with van der Waals surface area (Å²) in [5.74, 6) is -0.747. The molecule has 6 nitrogen and oxygen atoms in total. The van der Waals surface area contributed by atoms with Crippen molar-refractivity contribution < 1.29 is 14.3 Å². The van der Waals surface area contributed by atoms with Crippen molar-refractivity contribution in [3.8, 4) is 6.07 Å². The van der Waals surface area contributed by atoms with E-state index in [0.717, 1.165) is 22.2 Å². The van der Waals surface area contributed by atoms with Crippen molar-refractivity contribution >= 4 is 39.1 Å². The number of rotatable bonds is 5. The highest BCUT2D eigenvalue weighted by Crippen LogP contribution is 2.33. The van der Waals surface area contributed by atoms with E-state index in [2.05, 4.69) is 11.4 Å². The highest BCUT2D eigenvalue weighted by atomic mass is 32.1. The van der Waals surface area contributed by atoms with Crippen LogP contribution in [0.3, 0.4) is 0 Å². The van der Waals surface area contributed by atoms with Crippen LogP contribution in [-0.4, -0.2) is 23.1 Å². The van der Waals surface area contributed by atoms with Gasteiger partial charge < -0.3 is 14.6 Å². The summed E-state index contributed by atoms with van der Waals surface area (Å²) in [7, 11) is 0. The number of amides is 1. The zero-order chi connectivity index (χ0) is 18.7. The largest absolute Gasteiger partial charge is 0.462 e. The van der Waals surface area contributed by atoms with Gasteiger partial charge in [0.25, 0.3) is 0 Å². The number of nitrogens with one attached hydrogen (secondary N) is 1. The Kier molecular flexibility index (Phi) is 5.05. The van der Waals surface area contributed by atoms with E-state index < -0.39 is 5.97 Å². The number of para-hydroxylation sites is 1. The Hall–Kier alpha value is -3.11. The molecule has 3 rings (SSSR count). The molecule has 7 heteroatoms. The summed E-state index contributed by atoms with van der Waals surface area (Å²) in [5, 5.41) is 13.6. The smallest absolute Gasteiger partial charge is 0.348 e. The van der Waals surface area contributed by atoms with E-state index in [9.17, 15) is 14.9 Å². The molecule has 26 heavy (non-hydrogen) atoms. The summed E-state index contributed by atoms with van der Waals surface area (Å²) >= 11 is 1.07. The van der Waals surface area contributed by atoms with Crippen LogP contribution in [0.5, 0.6) is 0 Å². The molecule has 0 aliphatic heterocycles. The number of esters is 1. The molecule has 3 aromatic rings. The molecule has 0 aliphatic rings. The Labute approximate surface area is 154 Å². The number of fused-ring (bicyclic) bond motifs is 1. The first-order valence-corrected chi connectivity index (χ1v) is 8.91. The number of carbonyl (C=O) groups excluding carboxylic acids is 2. The first-order valence-electron chi connectivity index (χ1n) is 8.09. The third-order valence-corrected chi connectivity index (χ3v) is 5.15. The van der Waals surface area contributed by atoms with Gasteiger partial charge in [0, 0.05) is 11.7 Å². The summed E-state index contributed by atoms with van der Waals surface area (Å²) in [6.07, 6.45) is 1.85. The van der Waals surface area contributed by atoms with Crippen molar-refractivity contribution in [2.24, 2.45) is 0 Å². The quantitative estimate of drug-likeness (QED) is 0.697. The topological polar surface area (TPSA) is 84.1 Å². The molecule has 0 fully saturated rings. The fourth-order valence-corrected chi connectivity index (χ4v) is 3.79. The van der Waals surface area contributed by atoms with Gasteiger partial charge in [0.1, 0.15) is 22.5 Å². The second kappa shape index (κ2) is 7.42. The molecule has 0 bridgehead atoms. The van der Waals surface area contributed by atoms with Crippen molar-refractivity contribution in [1.82, 2.24) is 4.57 Å². The number of nitrogens with zero attached hydrogens (tertiary/aromatic N) is 2. The molecule has 2 heterocycles. The predicted octanol–water partition coefficient (Wildman–Crippen LogP) is 3.70. The average molecular weight is 367 g/mol. The van der Waals surface area contributed by atoms with Gasteiger partial charge in [0.15, 0.2) is 0 Å². The molecule has 0 unspecified atom stereocenters. The van der Waals surface area contributed by atoms with Crippen LogP contribution >= 0.6 is 11.3 Å². The number of hydrogen-bond acceptors (Lipinski definition) is 5. The molecular formula is C19H17N3O3S. The fourth-order valence-electron chi connectivity index (χ4n) is 2.73. The molecule has 1 amide bonds. The third kappa shape index (κ3) is 3.32. The van der Waals surface area contributed by atoms with E-state index in [-0.39, 0.29) is 19.1 Å². The lowest BCUT2D eigenvalue weighted by Crippen LogP contribution is -2.18. The zero-order valence-corrected chi connectivity index (χ0v) is 15.2. The molecule has 1 aromatic carbocycles. The Morgan fingerprint density at radius 2 is 2.08 bits per heavy atom. The highest BCUT2D eigenvalue weighted by molar-refractivity contribution is 7.18. The summed E-state index contributed by atoms with van der Waals surface area (Å²) < 4.78 is 6.84. The number of aromatic nitrogens is 1. The molecule has 0 aliphatic carbocycles. The van der Waals surface area contributed by atoms with Gasteiger partial charge in [-0.3, -0.25) is 4.79 Å². The molecule has 2 aromatic heterocycles. The number of thiophene rings is 1. The highest BCUT2D eigenvalue weighted by Gasteiger charge is 2.22. The van der Waals surface area contributed by atoms with Gasteiger partial charge >= 0.3 is 5.97 Å². The van der Waals surface area contributed by atoms with Crippen LogP contribution in [0, 0.1) is 18.3 Å². The van der Waals surface area contributed by atoms with Crippen LogP contribution in [0.2, 0.25) is 0 Å². The average Bonchev–Trinajstić information content (AvgIpc) is 3.16. The Morgan fingerprint density at radius 3 is 2.81 bits per heavy atom. The minimum atomic E-state index is -0.483. The van der Waals surface area contributed by atoms with E-state index >= 15 is 0 Å². The van der Waals surface area contributed by atoms with Crippen molar-refractivity contribution in [1.29, 1.82) is 5.26 Å². The predicted molar refractivity (Wildman–Crippen MR) is 100 cm³/mol. The maximum Gasteiger partial charge on any atom is 0.348 e. The zero-order valence-electron chi connectivity index (χ0n) is 14.4. The summed E-state index contributed by atoms with van der Waals surface area (Å²) in [5.41, 5.74) is 1.78. The van der Waals surface area contributed by atoms with Crippen molar-refractivity contribution in [2.75, 3.05) is 11.9 Å². The van der Waals surface area contributed by atoms with E-state index in [1.54, 1.807) is 13.8 Å². The molecular weight excluding hydrogens is 350 g/mol. The number of ether oxygens (including phenoxy) is 1. The molecule has 0 saturated carbocycles. The lowest BCUT2D eigenvalue weighted by atomic mass is 10.2. The lowest BCUT2D eigenvalue weighted by Gasteiger charge is -2.06. The third-order valence-electron chi connectivity index (χ3n) is 3.97. The van der Waals surface area contributed by atoms with E-state index in [0.29, 0.717) is 21.0 Å². The maximum atomic E-state index is 12.5. The van der Waals surface area contributed by atoms with Gasteiger partial charge in [0.2, 0.25) is 5.91 Å². The number of nitriles is 1. The van der Waals surface area contributed by atoms with Crippen LogP contribution in [0.15, 0.2) is 36.5 Å². The Bertz CT molecular complexity index is 1030. The fraction of sp³-hybridized carbons (Fsp3) is 0.211. The molecule has 0 saturated heterocycles. The number of benzene rings is 1. The summed E-state index contributed by atoms with van der Waals surface area (Å²) in [4.78, 5) is 24.8. The number of carbonyl (C=O) groups is 2. The van der Waals surface area contributed by atoms with Crippen LogP contribution in [-0.2, 0) is 16.1 Å².